The van der Waals surface area contributed by atoms with Crippen LogP contribution in [0.2, 0.25) is 10.0 Å². The van der Waals surface area contributed by atoms with Crippen LogP contribution in [0.3, 0.4) is 0 Å². The molecule has 5 heteroatoms. The Labute approximate surface area is 133 Å². The van der Waals surface area contributed by atoms with Crippen molar-refractivity contribution in [1.82, 2.24) is 9.55 Å². The van der Waals surface area contributed by atoms with E-state index in [1.165, 1.54) is 0 Å². The van der Waals surface area contributed by atoms with E-state index in [0.29, 0.717) is 15.7 Å². The van der Waals surface area contributed by atoms with Crippen LogP contribution < -0.4 is 5.73 Å². The normalized spacial score (nSPS) is 11.2. The minimum atomic E-state index is 0.542. The number of aryl methyl sites for hydroxylation is 1. The van der Waals surface area contributed by atoms with Gasteiger partial charge >= 0.3 is 0 Å². The molecule has 3 rings (SSSR count). The predicted molar refractivity (Wildman–Crippen MR) is 89.9 cm³/mol. The van der Waals surface area contributed by atoms with Crippen LogP contribution in [0.15, 0.2) is 36.4 Å². The zero-order chi connectivity index (χ0) is 15.0. The van der Waals surface area contributed by atoms with Gasteiger partial charge in [-0.1, -0.05) is 30.1 Å². The number of benzene rings is 2. The second kappa shape index (κ2) is 5.58. The Morgan fingerprint density at radius 3 is 2.67 bits per heavy atom. The molecular weight excluding hydrogens is 305 g/mol. The van der Waals surface area contributed by atoms with Crippen molar-refractivity contribution in [2.75, 3.05) is 5.73 Å². The summed E-state index contributed by atoms with van der Waals surface area (Å²) in [5.41, 5.74) is 9.27. The minimum Gasteiger partial charge on any atom is -0.398 e. The van der Waals surface area contributed by atoms with Gasteiger partial charge in [0.25, 0.3) is 0 Å². The van der Waals surface area contributed by atoms with Crippen molar-refractivity contribution >= 4 is 39.9 Å². The third-order valence-electron chi connectivity index (χ3n) is 3.42. The van der Waals surface area contributed by atoms with E-state index in [0.717, 1.165) is 35.4 Å². The first kappa shape index (κ1) is 14.2. The summed E-state index contributed by atoms with van der Waals surface area (Å²) < 4.78 is 2.17. The van der Waals surface area contributed by atoms with Crippen molar-refractivity contribution in [2.45, 2.75) is 19.9 Å². The lowest BCUT2D eigenvalue weighted by molar-refractivity contribution is 0.704. The molecule has 0 radical (unpaired) electrons. The Bertz CT molecular complexity index is 809. The maximum atomic E-state index is 6.13. The molecule has 3 aromatic rings. The van der Waals surface area contributed by atoms with Crippen molar-refractivity contribution in [3.63, 3.8) is 0 Å². The van der Waals surface area contributed by atoms with Crippen LogP contribution in [0, 0.1) is 0 Å². The van der Waals surface area contributed by atoms with Gasteiger partial charge in [-0.05, 0) is 42.8 Å². The molecule has 0 spiro atoms. The molecule has 0 fully saturated rings. The molecule has 1 aromatic heterocycles. The molecule has 1 heterocycles. The monoisotopic (exact) mass is 319 g/mol. The molecule has 0 saturated heterocycles. The van der Waals surface area contributed by atoms with Crippen LogP contribution >= 0.6 is 23.2 Å². The van der Waals surface area contributed by atoms with E-state index < -0.39 is 0 Å². The first-order valence-corrected chi connectivity index (χ1v) is 7.57. The number of nitrogens with zero attached hydrogens (tertiary/aromatic N) is 2. The lowest BCUT2D eigenvalue weighted by atomic mass is 10.2. The van der Waals surface area contributed by atoms with E-state index >= 15 is 0 Å². The average molecular weight is 320 g/mol. The fraction of sp³-hybridized carbons (Fsp3) is 0.188. The number of aromatic nitrogens is 2. The Morgan fingerprint density at radius 1 is 1.14 bits per heavy atom. The smallest absolute Gasteiger partial charge is 0.141 e. The fourth-order valence-corrected chi connectivity index (χ4v) is 2.78. The Morgan fingerprint density at radius 2 is 1.95 bits per heavy atom. The highest BCUT2D eigenvalue weighted by molar-refractivity contribution is 6.33. The van der Waals surface area contributed by atoms with Crippen LogP contribution in [-0.2, 0) is 6.54 Å². The standard InChI is InChI=1S/C16H15Cl2N3/c1-2-7-21-15-9-11(17)4-6-14(15)20-16(21)10-3-5-13(19)12(18)8-10/h3-6,8-9H,2,7,19H2,1H3. The van der Waals surface area contributed by atoms with Crippen LogP contribution in [0.25, 0.3) is 22.4 Å². The van der Waals surface area contributed by atoms with Crippen LogP contribution in [-0.4, -0.2) is 9.55 Å². The lowest BCUT2D eigenvalue weighted by Crippen LogP contribution is -2.00. The van der Waals surface area contributed by atoms with Crippen molar-refractivity contribution in [3.8, 4) is 11.4 Å². The minimum absolute atomic E-state index is 0.542. The number of nitrogens with two attached hydrogens (primary N) is 1. The molecule has 0 aliphatic heterocycles. The van der Waals surface area contributed by atoms with E-state index in [9.17, 15) is 0 Å². The second-order valence-corrected chi connectivity index (χ2v) is 5.80. The largest absolute Gasteiger partial charge is 0.398 e. The molecule has 2 N–H and O–H groups in total. The van der Waals surface area contributed by atoms with E-state index in [1.54, 1.807) is 6.07 Å². The quantitative estimate of drug-likeness (QED) is 0.690. The van der Waals surface area contributed by atoms with E-state index in [-0.39, 0.29) is 0 Å². The molecule has 0 bridgehead atoms. The summed E-state index contributed by atoms with van der Waals surface area (Å²) >= 11 is 12.2. The third kappa shape index (κ3) is 2.59. The zero-order valence-corrected chi connectivity index (χ0v) is 13.1. The first-order valence-electron chi connectivity index (χ1n) is 6.81. The molecule has 108 valence electrons. The van der Waals surface area contributed by atoms with Crippen LogP contribution in [0.5, 0.6) is 0 Å². The van der Waals surface area contributed by atoms with Gasteiger partial charge in [-0.25, -0.2) is 4.98 Å². The van der Waals surface area contributed by atoms with Gasteiger partial charge in [-0.2, -0.15) is 0 Å². The van der Waals surface area contributed by atoms with Crippen LogP contribution in [0.4, 0.5) is 5.69 Å². The highest BCUT2D eigenvalue weighted by Gasteiger charge is 2.13. The summed E-state index contributed by atoms with van der Waals surface area (Å²) in [5.74, 6) is 0.885. The third-order valence-corrected chi connectivity index (χ3v) is 3.98. The maximum Gasteiger partial charge on any atom is 0.141 e. The molecule has 0 aliphatic carbocycles. The van der Waals surface area contributed by atoms with Gasteiger partial charge in [0.15, 0.2) is 0 Å². The topological polar surface area (TPSA) is 43.8 Å². The molecule has 0 saturated carbocycles. The van der Waals surface area contributed by atoms with Gasteiger partial charge < -0.3 is 10.3 Å². The summed E-state index contributed by atoms with van der Waals surface area (Å²) in [5, 5.41) is 1.25. The number of fused-ring (bicyclic) bond motifs is 1. The highest BCUT2D eigenvalue weighted by atomic mass is 35.5. The Balaban J connectivity index is 2.25. The summed E-state index contributed by atoms with van der Waals surface area (Å²) in [7, 11) is 0. The number of hydrogen-bond acceptors (Lipinski definition) is 2. The SMILES string of the molecule is CCCn1c(-c2ccc(N)c(Cl)c2)nc2ccc(Cl)cc21. The molecular formula is C16H15Cl2N3. The number of imidazole rings is 1. The Kier molecular flexibility index (Phi) is 3.79. The number of nitrogen functional groups attached to an aromatic ring is 1. The summed E-state index contributed by atoms with van der Waals surface area (Å²) in [6, 6.07) is 11.3. The van der Waals surface area contributed by atoms with E-state index in [1.807, 2.05) is 30.3 Å². The second-order valence-electron chi connectivity index (χ2n) is 4.96. The zero-order valence-electron chi connectivity index (χ0n) is 11.6. The molecule has 0 amide bonds. The van der Waals surface area contributed by atoms with Gasteiger partial charge in [0.2, 0.25) is 0 Å². The van der Waals surface area contributed by atoms with Gasteiger partial charge in [-0.15, -0.1) is 0 Å². The number of halogens is 2. The molecule has 0 unspecified atom stereocenters. The molecule has 3 nitrogen and oxygen atoms in total. The Hall–Kier alpha value is -1.71. The van der Waals surface area contributed by atoms with Crippen molar-refractivity contribution in [3.05, 3.63) is 46.4 Å². The maximum absolute atomic E-state index is 6.13. The van der Waals surface area contributed by atoms with Crippen LogP contribution in [0.1, 0.15) is 13.3 Å². The number of hydrogen-bond donors (Lipinski definition) is 1. The van der Waals surface area contributed by atoms with E-state index in [4.69, 9.17) is 33.9 Å². The number of rotatable bonds is 3. The summed E-state index contributed by atoms with van der Waals surface area (Å²) in [4.78, 5) is 4.72. The van der Waals surface area contributed by atoms with Gasteiger partial charge in [0.1, 0.15) is 5.82 Å². The molecule has 2 aromatic carbocycles. The lowest BCUT2D eigenvalue weighted by Gasteiger charge is -2.09. The molecule has 0 atom stereocenters. The fourth-order valence-electron chi connectivity index (χ4n) is 2.43. The molecule has 0 aliphatic rings. The van der Waals surface area contributed by atoms with Crippen molar-refractivity contribution < 1.29 is 0 Å². The number of anilines is 1. The summed E-state index contributed by atoms with van der Waals surface area (Å²) in [6.45, 7) is 3.00. The predicted octanol–water partition coefficient (Wildman–Crippen LogP) is 5.00. The highest BCUT2D eigenvalue weighted by Crippen LogP contribution is 2.30. The first-order chi connectivity index (χ1) is 10.1. The van der Waals surface area contributed by atoms with Gasteiger partial charge in [0, 0.05) is 17.1 Å². The van der Waals surface area contributed by atoms with E-state index in [2.05, 4.69) is 11.5 Å². The van der Waals surface area contributed by atoms with Gasteiger partial charge in [-0.3, -0.25) is 0 Å². The summed E-state index contributed by atoms with van der Waals surface area (Å²) in [6.07, 6.45) is 1.01. The van der Waals surface area contributed by atoms with Gasteiger partial charge in [0.05, 0.1) is 21.7 Å². The van der Waals surface area contributed by atoms with Crippen molar-refractivity contribution in [2.24, 2.45) is 0 Å². The average Bonchev–Trinajstić information content (AvgIpc) is 2.81. The van der Waals surface area contributed by atoms with Crippen molar-refractivity contribution in [1.29, 1.82) is 0 Å². The molecule has 21 heavy (non-hydrogen) atoms.